The lowest BCUT2D eigenvalue weighted by atomic mass is 10.1. The van der Waals surface area contributed by atoms with Gasteiger partial charge < -0.3 is 29.2 Å². The van der Waals surface area contributed by atoms with E-state index in [4.69, 9.17) is 29.4 Å². The van der Waals surface area contributed by atoms with E-state index in [1.807, 2.05) is 66.7 Å². The minimum Gasteiger partial charge on any atom is -0.493 e. The number of benzene rings is 4. The number of carbonyl (C=O) groups excluding carboxylic acids is 1. The van der Waals surface area contributed by atoms with Crippen LogP contribution in [0.15, 0.2) is 91.0 Å². The number of nitrogens with one attached hydrogen (secondary N) is 2. The molecule has 11 nitrogen and oxygen atoms in total. The van der Waals surface area contributed by atoms with Crippen LogP contribution in [0.25, 0.3) is 21.8 Å². The molecule has 4 N–H and O–H groups in total. The summed E-state index contributed by atoms with van der Waals surface area (Å²) < 4.78 is 23.3. The molecule has 0 amide bonds. The summed E-state index contributed by atoms with van der Waals surface area (Å²) in [6.45, 7) is 1.21. The number of aromatic nitrogens is 1. The van der Waals surface area contributed by atoms with Gasteiger partial charge in [-0.2, -0.15) is 0 Å². The van der Waals surface area contributed by atoms with Crippen LogP contribution in [-0.2, 0) is 16.2 Å². The van der Waals surface area contributed by atoms with Gasteiger partial charge in [0.25, 0.3) is 0 Å². The molecule has 1 atom stereocenters. The Bertz CT molecular complexity index is 1640. The summed E-state index contributed by atoms with van der Waals surface area (Å²) in [4.78, 5) is 21.1. The first-order chi connectivity index (χ1) is 21.0. The zero-order valence-electron chi connectivity index (χ0n) is 23.6. The van der Waals surface area contributed by atoms with Crippen LogP contribution < -0.4 is 19.5 Å². The number of hydrogen-bond donors (Lipinski definition) is 4. The summed E-state index contributed by atoms with van der Waals surface area (Å²) in [6.07, 6.45) is -0.625. The molecule has 0 saturated heterocycles. The first-order valence-corrected chi connectivity index (χ1v) is 13.7. The number of aromatic amines is 1. The number of ether oxygens (including phenoxy) is 4. The van der Waals surface area contributed by atoms with Gasteiger partial charge in [-0.25, -0.2) is 9.63 Å². The van der Waals surface area contributed by atoms with Gasteiger partial charge in [-0.1, -0.05) is 48.5 Å². The van der Waals surface area contributed by atoms with E-state index in [0.717, 1.165) is 21.8 Å². The van der Waals surface area contributed by atoms with Crippen LogP contribution in [0, 0.1) is 0 Å². The van der Waals surface area contributed by atoms with Crippen LogP contribution in [-0.4, -0.2) is 66.3 Å². The van der Waals surface area contributed by atoms with Gasteiger partial charge >= 0.3 is 5.97 Å². The molecule has 5 aromatic rings. The first kappa shape index (κ1) is 29.8. The van der Waals surface area contributed by atoms with Crippen LogP contribution in [0.2, 0.25) is 0 Å². The fraction of sp³-hybridized carbons (Fsp3) is 0.219. The molecule has 0 saturated carbocycles. The molecule has 0 aliphatic heterocycles. The van der Waals surface area contributed by atoms with Crippen LogP contribution in [0.4, 0.5) is 0 Å². The fourth-order valence-electron chi connectivity index (χ4n) is 4.63. The zero-order chi connectivity index (χ0) is 30.0. The van der Waals surface area contributed by atoms with E-state index in [-0.39, 0.29) is 18.6 Å². The van der Waals surface area contributed by atoms with E-state index in [1.54, 1.807) is 31.4 Å². The molecule has 0 bridgehead atoms. The molecule has 1 unspecified atom stereocenters. The molecule has 1 heterocycles. The van der Waals surface area contributed by atoms with Gasteiger partial charge in [0.15, 0.2) is 11.5 Å². The topological polar surface area (TPSA) is 135 Å². The second-order valence-corrected chi connectivity index (χ2v) is 9.61. The Morgan fingerprint density at radius 2 is 1.58 bits per heavy atom. The van der Waals surface area contributed by atoms with Crippen LogP contribution in [0.5, 0.6) is 17.2 Å². The molecule has 43 heavy (non-hydrogen) atoms. The second kappa shape index (κ2) is 14.5. The number of methoxy groups -OCH3 is 1. The van der Waals surface area contributed by atoms with Gasteiger partial charge in [0.2, 0.25) is 0 Å². The minimum atomic E-state index is -0.625. The van der Waals surface area contributed by atoms with Crippen LogP contribution in [0.3, 0.4) is 0 Å². The standard InChI is InChI=1S/C32H33N3O8/c1-39-28-10-4-5-11-29(28)40-18-17-33-19-24(43-32(36)23-15-13-22(14-16-23)20-42-35(37)38)21-41-30-12-6-9-27-31(30)25-7-2-3-8-26(25)34-27/h2-16,24,33-34,37-38H,17-21H2,1H3. The smallest absolute Gasteiger partial charge is 0.338 e. The number of H-pyrrole nitrogens is 1. The Kier molecular flexibility index (Phi) is 10.1. The first-order valence-electron chi connectivity index (χ1n) is 13.7. The molecule has 0 spiro atoms. The fourth-order valence-corrected chi connectivity index (χ4v) is 4.63. The van der Waals surface area contributed by atoms with E-state index in [0.29, 0.717) is 48.1 Å². The lowest BCUT2D eigenvalue weighted by molar-refractivity contribution is -0.497. The summed E-state index contributed by atoms with van der Waals surface area (Å²) >= 11 is 0. The normalized spacial score (nSPS) is 12.0. The summed E-state index contributed by atoms with van der Waals surface area (Å²) in [5.74, 6) is 1.45. The molecule has 0 fully saturated rings. The molecular formula is C32H33N3O8. The molecule has 4 aromatic carbocycles. The summed E-state index contributed by atoms with van der Waals surface area (Å²) in [6, 6.07) is 27.7. The van der Waals surface area contributed by atoms with Crippen molar-refractivity contribution in [3.63, 3.8) is 0 Å². The maximum absolute atomic E-state index is 13.1. The van der Waals surface area contributed by atoms with E-state index in [1.165, 1.54) is 0 Å². The Hall–Kier alpha value is -4.65. The summed E-state index contributed by atoms with van der Waals surface area (Å²) in [5, 5.41) is 22.4. The van der Waals surface area contributed by atoms with Crippen LogP contribution in [0.1, 0.15) is 15.9 Å². The summed E-state index contributed by atoms with van der Waals surface area (Å²) in [7, 11) is 1.59. The molecule has 1 aromatic heterocycles. The number of fused-ring (bicyclic) bond motifs is 3. The van der Waals surface area contributed by atoms with Gasteiger partial charge in [0, 0.05) is 29.4 Å². The summed E-state index contributed by atoms with van der Waals surface area (Å²) in [5.41, 5.74) is 2.92. The lowest BCUT2D eigenvalue weighted by Gasteiger charge is -2.20. The maximum Gasteiger partial charge on any atom is 0.338 e. The highest BCUT2D eigenvalue weighted by Crippen LogP contribution is 2.33. The van der Waals surface area contributed by atoms with Crippen molar-refractivity contribution >= 4 is 27.8 Å². The number of para-hydroxylation sites is 3. The van der Waals surface area contributed by atoms with E-state index >= 15 is 0 Å². The van der Waals surface area contributed by atoms with Gasteiger partial charge in [0.1, 0.15) is 25.1 Å². The SMILES string of the molecule is COc1ccccc1OCCNCC(COc1cccc2[nH]c3ccccc3c12)OC(=O)c1ccc(CON(O)O)cc1. The Labute approximate surface area is 248 Å². The predicted octanol–water partition coefficient (Wildman–Crippen LogP) is 5.11. The maximum atomic E-state index is 13.1. The number of hydrogen-bond acceptors (Lipinski definition) is 10. The third-order valence-electron chi connectivity index (χ3n) is 6.70. The molecule has 0 aliphatic rings. The van der Waals surface area contributed by atoms with Gasteiger partial charge in [-0.3, -0.25) is 10.4 Å². The zero-order valence-corrected chi connectivity index (χ0v) is 23.6. The number of nitrogens with zero attached hydrogens (tertiary/aromatic N) is 1. The average Bonchev–Trinajstić information content (AvgIpc) is 3.42. The van der Waals surface area contributed by atoms with Crippen molar-refractivity contribution < 1.29 is 39.0 Å². The largest absolute Gasteiger partial charge is 0.493 e. The number of carbonyl (C=O) groups is 1. The van der Waals surface area contributed by atoms with Crippen molar-refractivity contribution in [2.24, 2.45) is 0 Å². The van der Waals surface area contributed by atoms with Gasteiger partial charge in [-0.15, -0.1) is 0 Å². The van der Waals surface area contributed by atoms with E-state index in [9.17, 15) is 4.79 Å². The monoisotopic (exact) mass is 587 g/mol. The van der Waals surface area contributed by atoms with E-state index in [2.05, 4.69) is 15.1 Å². The minimum absolute atomic E-state index is 0.0843. The van der Waals surface area contributed by atoms with Crippen molar-refractivity contribution in [1.29, 1.82) is 0 Å². The Morgan fingerprint density at radius 3 is 2.37 bits per heavy atom. The third-order valence-corrected chi connectivity index (χ3v) is 6.70. The Morgan fingerprint density at radius 1 is 0.860 bits per heavy atom. The molecule has 5 rings (SSSR count). The highest BCUT2D eigenvalue weighted by molar-refractivity contribution is 6.10. The van der Waals surface area contributed by atoms with Crippen molar-refractivity contribution in [1.82, 2.24) is 15.7 Å². The second-order valence-electron chi connectivity index (χ2n) is 9.61. The van der Waals surface area contributed by atoms with E-state index < -0.39 is 12.1 Å². The van der Waals surface area contributed by atoms with Crippen LogP contribution >= 0.6 is 0 Å². The molecular weight excluding hydrogens is 554 g/mol. The van der Waals surface area contributed by atoms with Crippen molar-refractivity contribution in [3.8, 4) is 17.2 Å². The average molecular weight is 588 g/mol. The quantitative estimate of drug-likeness (QED) is 0.0743. The Balaban J connectivity index is 1.24. The number of rotatable bonds is 15. The highest BCUT2D eigenvalue weighted by Gasteiger charge is 2.19. The lowest BCUT2D eigenvalue weighted by Crippen LogP contribution is -2.37. The highest BCUT2D eigenvalue weighted by atomic mass is 17.1. The number of esters is 1. The van der Waals surface area contributed by atoms with Crippen molar-refractivity contribution in [3.05, 3.63) is 102 Å². The third kappa shape index (κ3) is 7.80. The van der Waals surface area contributed by atoms with Gasteiger partial charge in [-0.05, 0) is 48.0 Å². The van der Waals surface area contributed by atoms with Gasteiger partial charge in [0.05, 0.1) is 30.2 Å². The molecule has 0 aliphatic carbocycles. The molecule has 0 radical (unpaired) electrons. The molecule has 11 heteroatoms. The van der Waals surface area contributed by atoms with Crippen molar-refractivity contribution in [2.75, 3.05) is 33.4 Å². The predicted molar refractivity (Wildman–Crippen MR) is 159 cm³/mol. The molecule has 224 valence electrons. The van der Waals surface area contributed by atoms with Crippen molar-refractivity contribution in [2.45, 2.75) is 12.7 Å².